The van der Waals surface area contributed by atoms with Crippen molar-refractivity contribution in [1.82, 2.24) is 5.32 Å². The number of amides is 1. The first kappa shape index (κ1) is 48.2. The van der Waals surface area contributed by atoms with Crippen LogP contribution in [-0.2, 0) is 14.3 Å². The third-order valence-corrected chi connectivity index (χ3v) is 9.60. The summed E-state index contributed by atoms with van der Waals surface area (Å²) in [7, 11) is 0. The fourth-order valence-corrected chi connectivity index (χ4v) is 6.18. The monoisotopic (exact) mass is 736 g/mol. The maximum Gasteiger partial charge on any atom is 0.220 e. The molecule has 1 saturated heterocycles. The fraction of sp³-hybridized carbons (Fsp3) is 0.791. The zero-order valence-electron chi connectivity index (χ0n) is 32.8. The van der Waals surface area contributed by atoms with E-state index < -0.39 is 49.5 Å². The van der Waals surface area contributed by atoms with Crippen LogP contribution in [0.25, 0.3) is 0 Å². The summed E-state index contributed by atoms with van der Waals surface area (Å²) in [6.07, 6.45) is 34.3. The molecule has 0 aliphatic carbocycles. The molecule has 0 aromatic heterocycles. The minimum atomic E-state index is -1.57. The maximum absolute atomic E-state index is 12.9. The average molecular weight is 736 g/mol. The normalized spacial score (nSPS) is 22.3. The summed E-state index contributed by atoms with van der Waals surface area (Å²) in [5.74, 6) is -0.203. The van der Waals surface area contributed by atoms with Gasteiger partial charge in [-0.2, -0.15) is 0 Å². The molecule has 6 N–H and O–H groups in total. The second-order valence-corrected chi connectivity index (χ2v) is 14.4. The molecule has 0 radical (unpaired) electrons. The van der Waals surface area contributed by atoms with Crippen molar-refractivity contribution in [1.29, 1.82) is 0 Å². The smallest absolute Gasteiger partial charge is 0.220 e. The van der Waals surface area contributed by atoms with Gasteiger partial charge < -0.3 is 40.3 Å². The van der Waals surface area contributed by atoms with E-state index in [2.05, 4.69) is 55.6 Å². The van der Waals surface area contributed by atoms with Gasteiger partial charge in [0, 0.05) is 6.42 Å². The number of allylic oxidation sites excluding steroid dienone is 7. The summed E-state index contributed by atoms with van der Waals surface area (Å²) < 4.78 is 11.2. The second-order valence-electron chi connectivity index (χ2n) is 14.4. The van der Waals surface area contributed by atoms with E-state index in [1.165, 1.54) is 70.6 Å². The Morgan fingerprint density at radius 2 is 1.10 bits per heavy atom. The zero-order valence-corrected chi connectivity index (χ0v) is 32.8. The van der Waals surface area contributed by atoms with Crippen molar-refractivity contribution in [2.24, 2.45) is 0 Å². The fourth-order valence-electron chi connectivity index (χ4n) is 6.18. The van der Waals surface area contributed by atoms with Crippen LogP contribution < -0.4 is 5.32 Å². The molecule has 0 aromatic carbocycles. The van der Waals surface area contributed by atoms with E-state index in [1.807, 2.05) is 6.08 Å². The van der Waals surface area contributed by atoms with E-state index in [0.717, 1.165) is 70.6 Å². The Morgan fingerprint density at radius 3 is 1.63 bits per heavy atom. The topological polar surface area (TPSA) is 149 Å². The molecule has 0 aromatic rings. The Hall–Kier alpha value is -1.85. The summed E-state index contributed by atoms with van der Waals surface area (Å²) in [5.41, 5.74) is 0. The van der Waals surface area contributed by atoms with Crippen LogP contribution >= 0.6 is 0 Å². The molecule has 1 amide bonds. The number of nitrogens with one attached hydrogen (secondary N) is 1. The molecule has 9 heteroatoms. The molecule has 1 aliphatic rings. The molecule has 0 saturated carbocycles. The van der Waals surface area contributed by atoms with E-state index in [0.29, 0.717) is 6.42 Å². The molecular weight excluding hydrogens is 658 g/mol. The van der Waals surface area contributed by atoms with Crippen molar-refractivity contribution < 1.29 is 39.8 Å². The Kier molecular flexibility index (Phi) is 31.2. The van der Waals surface area contributed by atoms with E-state index in [9.17, 15) is 30.3 Å². The first-order valence-corrected chi connectivity index (χ1v) is 20.9. The Balaban J connectivity index is 2.46. The van der Waals surface area contributed by atoms with Crippen molar-refractivity contribution in [3.05, 3.63) is 48.6 Å². The molecule has 1 fully saturated rings. The number of ether oxygens (including phenoxy) is 2. The van der Waals surface area contributed by atoms with Gasteiger partial charge >= 0.3 is 0 Å². The van der Waals surface area contributed by atoms with Crippen LogP contribution in [-0.4, -0.2) is 87.5 Å². The standard InChI is InChI=1S/C43H77NO8/c1-3-5-7-9-11-13-15-17-19-21-23-25-27-29-31-33-39(47)44-36(35-51-43-42(50)41(49)40(48)38(34-45)52-43)37(46)32-30-28-26-24-22-20-18-16-14-12-10-8-6-4-2/h14,16-17,19,22,24,30,32,36-38,40-43,45-46,48-50H,3-13,15,18,20-21,23,25-29,31,33-35H2,1-2H3,(H,44,47)/b16-14+,19-17-,24-22+,32-30+. The molecule has 52 heavy (non-hydrogen) atoms. The zero-order chi connectivity index (χ0) is 38.1. The number of rotatable bonds is 33. The van der Waals surface area contributed by atoms with Gasteiger partial charge in [0.1, 0.15) is 24.4 Å². The third-order valence-electron chi connectivity index (χ3n) is 9.60. The highest BCUT2D eigenvalue weighted by atomic mass is 16.7. The molecule has 302 valence electrons. The Morgan fingerprint density at radius 1 is 0.635 bits per heavy atom. The van der Waals surface area contributed by atoms with Gasteiger partial charge in [0.15, 0.2) is 6.29 Å². The quantitative estimate of drug-likeness (QED) is 0.0295. The van der Waals surface area contributed by atoms with E-state index in [4.69, 9.17) is 9.47 Å². The molecule has 1 rings (SSSR count). The first-order valence-electron chi connectivity index (χ1n) is 20.9. The lowest BCUT2D eigenvalue weighted by atomic mass is 9.99. The molecule has 1 aliphatic heterocycles. The van der Waals surface area contributed by atoms with Crippen molar-refractivity contribution in [2.75, 3.05) is 13.2 Å². The summed E-state index contributed by atoms with van der Waals surface area (Å²) >= 11 is 0. The van der Waals surface area contributed by atoms with Crippen LogP contribution in [0.3, 0.4) is 0 Å². The van der Waals surface area contributed by atoms with Crippen LogP contribution in [0.15, 0.2) is 48.6 Å². The largest absolute Gasteiger partial charge is 0.394 e. The number of hydrogen-bond donors (Lipinski definition) is 6. The van der Waals surface area contributed by atoms with Crippen molar-refractivity contribution in [3.63, 3.8) is 0 Å². The molecule has 9 nitrogen and oxygen atoms in total. The van der Waals surface area contributed by atoms with Gasteiger partial charge in [-0.1, -0.05) is 133 Å². The van der Waals surface area contributed by atoms with E-state index >= 15 is 0 Å². The first-order chi connectivity index (χ1) is 25.3. The van der Waals surface area contributed by atoms with E-state index in [1.54, 1.807) is 6.08 Å². The average Bonchev–Trinajstić information content (AvgIpc) is 3.14. The van der Waals surface area contributed by atoms with Crippen molar-refractivity contribution >= 4 is 5.91 Å². The highest BCUT2D eigenvalue weighted by molar-refractivity contribution is 5.76. The number of carbonyl (C=O) groups excluding carboxylic acids is 1. The van der Waals surface area contributed by atoms with Gasteiger partial charge in [-0.15, -0.1) is 0 Å². The van der Waals surface area contributed by atoms with Gasteiger partial charge in [-0.05, 0) is 70.6 Å². The minimum Gasteiger partial charge on any atom is -0.394 e. The number of aliphatic hydroxyl groups excluding tert-OH is 5. The van der Waals surface area contributed by atoms with Crippen molar-refractivity contribution in [2.45, 2.75) is 204 Å². The van der Waals surface area contributed by atoms with Crippen LogP contribution in [0.2, 0.25) is 0 Å². The SMILES string of the molecule is CCCCCC/C=C/CC/C=C/CC/C=C/C(O)C(COC1OC(CO)C(O)C(O)C1O)NC(=O)CCCCCCC/C=C\CCCCCCCC. The molecular formula is C43H77NO8. The lowest BCUT2D eigenvalue weighted by molar-refractivity contribution is -0.302. The van der Waals surface area contributed by atoms with Gasteiger partial charge in [0.25, 0.3) is 0 Å². The number of carbonyl (C=O) groups is 1. The number of hydrogen-bond acceptors (Lipinski definition) is 8. The molecule has 1 heterocycles. The lowest BCUT2D eigenvalue weighted by Crippen LogP contribution is -2.60. The predicted octanol–water partition coefficient (Wildman–Crippen LogP) is 7.89. The van der Waals surface area contributed by atoms with Crippen LogP contribution in [0.4, 0.5) is 0 Å². The Bertz CT molecular complexity index is 951. The minimum absolute atomic E-state index is 0.203. The molecule has 0 spiro atoms. The lowest BCUT2D eigenvalue weighted by Gasteiger charge is -2.40. The molecule has 7 atom stereocenters. The van der Waals surface area contributed by atoms with Crippen molar-refractivity contribution in [3.8, 4) is 0 Å². The predicted molar refractivity (Wildman–Crippen MR) is 212 cm³/mol. The Labute approximate surface area is 316 Å². The highest BCUT2D eigenvalue weighted by Gasteiger charge is 2.44. The van der Waals surface area contributed by atoms with Gasteiger partial charge in [-0.3, -0.25) is 4.79 Å². The summed E-state index contributed by atoms with van der Waals surface area (Å²) in [6, 6.07) is -0.830. The van der Waals surface area contributed by atoms with E-state index in [-0.39, 0.29) is 12.5 Å². The maximum atomic E-state index is 12.9. The highest BCUT2D eigenvalue weighted by Crippen LogP contribution is 2.22. The van der Waals surface area contributed by atoms with Gasteiger partial charge in [0.05, 0.1) is 25.4 Å². The van der Waals surface area contributed by atoms with Gasteiger partial charge in [0.2, 0.25) is 5.91 Å². The third kappa shape index (κ3) is 24.5. The number of aliphatic hydroxyl groups is 5. The summed E-state index contributed by atoms with van der Waals surface area (Å²) in [4.78, 5) is 12.9. The second kappa shape index (κ2) is 33.7. The summed E-state index contributed by atoms with van der Waals surface area (Å²) in [6.45, 7) is 3.69. The number of unbranched alkanes of at least 4 members (excludes halogenated alkanes) is 17. The molecule has 0 bridgehead atoms. The summed E-state index contributed by atoms with van der Waals surface area (Å²) in [5, 5.41) is 54.0. The van der Waals surface area contributed by atoms with Gasteiger partial charge in [-0.25, -0.2) is 0 Å². The van der Waals surface area contributed by atoms with Crippen LogP contribution in [0, 0.1) is 0 Å². The van der Waals surface area contributed by atoms with Crippen LogP contribution in [0.1, 0.15) is 162 Å². The molecule has 7 unspecified atom stereocenters. The van der Waals surface area contributed by atoms with Crippen LogP contribution in [0.5, 0.6) is 0 Å².